The maximum absolute atomic E-state index is 15.2. The third-order valence-electron chi connectivity index (χ3n) is 15.6. The second kappa shape index (κ2) is 21.3. The van der Waals surface area contributed by atoms with Crippen LogP contribution in [0.5, 0.6) is 5.75 Å². The van der Waals surface area contributed by atoms with Gasteiger partial charge in [-0.1, -0.05) is 60.6 Å². The molecule has 19 heteroatoms. The molecule has 11 rings (SSSR count). The summed E-state index contributed by atoms with van der Waals surface area (Å²) in [6, 6.07) is 26.4. The molecular weight excluding hydrogens is 996 g/mol. The number of aryl methyl sites for hydroxylation is 1. The van der Waals surface area contributed by atoms with Crippen molar-refractivity contribution in [2.45, 2.75) is 89.0 Å². The molecule has 1 atom stereocenters. The number of hydrogen-bond acceptors (Lipinski definition) is 12. The fourth-order valence-electron chi connectivity index (χ4n) is 11.6. The summed E-state index contributed by atoms with van der Waals surface area (Å²) in [6.45, 7) is 5.35. The number of imide groups is 1. The Morgan fingerprint density at radius 1 is 0.842 bits per heavy atom. The number of piperazine rings is 1. The molecular formula is C57H58F3N9O6S. The maximum atomic E-state index is 15.2. The van der Waals surface area contributed by atoms with Crippen LogP contribution in [0.1, 0.15) is 107 Å². The highest BCUT2D eigenvalue weighted by atomic mass is 32.1. The summed E-state index contributed by atoms with van der Waals surface area (Å²) in [4.78, 5) is 66.6. The number of rotatable bonds is 14. The van der Waals surface area contributed by atoms with Gasteiger partial charge < -0.3 is 19.6 Å². The minimum Gasteiger partial charge on any atom is -0.490 e. The van der Waals surface area contributed by atoms with Crippen molar-refractivity contribution in [3.8, 4) is 16.9 Å². The molecule has 4 aromatic carbocycles. The molecule has 394 valence electrons. The molecule has 0 spiro atoms. The van der Waals surface area contributed by atoms with E-state index >= 15 is 13.2 Å². The van der Waals surface area contributed by atoms with Crippen LogP contribution in [-0.2, 0) is 35.8 Å². The summed E-state index contributed by atoms with van der Waals surface area (Å²) >= 11 is 1.37. The van der Waals surface area contributed by atoms with Gasteiger partial charge >= 0.3 is 12.1 Å². The summed E-state index contributed by atoms with van der Waals surface area (Å²) in [7, 11) is 1.88. The molecule has 1 unspecified atom stereocenters. The van der Waals surface area contributed by atoms with Gasteiger partial charge in [0.05, 0.1) is 33.4 Å². The van der Waals surface area contributed by atoms with Crippen molar-refractivity contribution in [1.29, 1.82) is 0 Å². The predicted octanol–water partition coefficient (Wildman–Crippen LogP) is 10.2. The van der Waals surface area contributed by atoms with E-state index in [1.807, 2.05) is 59.1 Å². The second-order valence-corrected chi connectivity index (χ2v) is 21.4. The Morgan fingerprint density at radius 3 is 2.42 bits per heavy atom. The zero-order chi connectivity index (χ0) is 52.7. The third kappa shape index (κ3) is 10.6. The summed E-state index contributed by atoms with van der Waals surface area (Å²) in [6.07, 6.45) is 2.16. The first kappa shape index (κ1) is 50.8. The zero-order valence-corrected chi connectivity index (χ0v) is 42.9. The van der Waals surface area contributed by atoms with Gasteiger partial charge in [-0.25, -0.2) is 14.8 Å². The summed E-state index contributed by atoms with van der Waals surface area (Å²) in [5.41, 5.74) is 3.69. The maximum Gasteiger partial charge on any atom is 0.420 e. The van der Waals surface area contributed by atoms with Crippen molar-refractivity contribution in [2.24, 2.45) is 13.0 Å². The number of carbonyl (C=O) groups is 4. The van der Waals surface area contributed by atoms with Crippen LogP contribution in [0.15, 0.2) is 91.0 Å². The van der Waals surface area contributed by atoms with E-state index < -0.39 is 35.4 Å². The van der Waals surface area contributed by atoms with Crippen LogP contribution in [0.4, 0.5) is 29.8 Å². The van der Waals surface area contributed by atoms with Crippen molar-refractivity contribution in [2.75, 3.05) is 54.4 Å². The lowest BCUT2D eigenvalue weighted by molar-refractivity contribution is -0.139. The number of carbonyl (C=O) groups excluding carboxylic acids is 3. The fourth-order valence-corrected chi connectivity index (χ4v) is 12.5. The molecule has 2 saturated heterocycles. The van der Waals surface area contributed by atoms with Gasteiger partial charge in [-0.3, -0.25) is 34.6 Å². The molecule has 0 bridgehead atoms. The van der Waals surface area contributed by atoms with Gasteiger partial charge in [-0.05, 0) is 123 Å². The normalized spacial score (nSPS) is 19.4. The van der Waals surface area contributed by atoms with Crippen LogP contribution in [0.3, 0.4) is 0 Å². The fraction of sp³-hybridized carbons (Fsp3) is 0.386. The third-order valence-corrected chi connectivity index (χ3v) is 16.6. The van der Waals surface area contributed by atoms with Gasteiger partial charge in [0.2, 0.25) is 11.8 Å². The number of benzene rings is 4. The number of aromatic carboxylic acids is 1. The first-order valence-electron chi connectivity index (χ1n) is 26.2. The Hall–Kier alpha value is -7.38. The van der Waals surface area contributed by atoms with Crippen LogP contribution < -0.4 is 25.2 Å². The van der Waals surface area contributed by atoms with Crippen LogP contribution in [-0.4, -0.2) is 98.8 Å². The molecule has 3 fully saturated rings. The lowest BCUT2D eigenvalue weighted by Crippen LogP contribution is -2.46. The van der Waals surface area contributed by atoms with Gasteiger partial charge in [0.1, 0.15) is 17.1 Å². The molecule has 3 N–H and O–H groups in total. The van der Waals surface area contributed by atoms with Crippen LogP contribution in [0, 0.1) is 5.92 Å². The molecule has 0 radical (unpaired) electrons. The standard InChI is InChI=1S/C57H58F3N9O6S/c1-66-45-32-36(17-20-41(45)51(65-66)42-22-24-49(70)63-54(42)72)68-30-28-67(29-31-68)26-5-4-8-34-15-18-37(19-16-34)75-46-13-7-10-38(50(46)57(58,59)60)39-21-23-48(62-52(39)55(73)74)69-27-25-35-9-6-11-40(43(35)33-69)53(71)64-56-61-44-12-2-3-14-47(44)76-56/h2-3,6-7,9-14,17,20-21,23,32,34,37,42H,4-5,8,15-16,18-19,22,24-31,33H2,1H3,(H,73,74)(H,61,64,71)(H,63,70,72). The number of ether oxygens (including phenoxy) is 1. The number of anilines is 3. The quantitative estimate of drug-likeness (QED) is 0.0696. The molecule has 15 nitrogen and oxygen atoms in total. The molecule has 3 aliphatic heterocycles. The number of para-hydroxylation sites is 1. The van der Waals surface area contributed by atoms with Crippen molar-refractivity contribution >= 4 is 72.8 Å². The molecule has 7 aromatic rings. The summed E-state index contributed by atoms with van der Waals surface area (Å²) < 4.78 is 54.5. The number of pyridine rings is 1. The smallest absolute Gasteiger partial charge is 0.420 e. The second-order valence-electron chi connectivity index (χ2n) is 20.4. The topological polar surface area (TPSA) is 175 Å². The van der Waals surface area contributed by atoms with Gasteiger partial charge in [0, 0.05) is 80.5 Å². The number of hydrogen-bond donors (Lipinski definition) is 3. The van der Waals surface area contributed by atoms with Gasteiger partial charge in [0.15, 0.2) is 10.8 Å². The van der Waals surface area contributed by atoms with E-state index in [1.54, 1.807) is 12.1 Å². The highest BCUT2D eigenvalue weighted by Crippen LogP contribution is 2.45. The molecule has 4 aliphatic rings. The molecule has 3 aromatic heterocycles. The summed E-state index contributed by atoms with van der Waals surface area (Å²) in [5, 5.41) is 21.9. The Kier molecular flexibility index (Phi) is 14.2. The molecule has 6 heterocycles. The first-order valence-corrected chi connectivity index (χ1v) is 27.0. The number of nitrogens with zero attached hydrogens (tertiary/aromatic N) is 7. The van der Waals surface area contributed by atoms with E-state index in [1.165, 1.54) is 35.6 Å². The van der Waals surface area contributed by atoms with E-state index in [9.17, 15) is 24.3 Å². The number of thiazole rings is 1. The number of nitrogens with one attached hydrogen (secondary N) is 2. The number of fused-ring (bicyclic) bond motifs is 3. The van der Waals surface area contributed by atoms with Gasteiger partial charge in [0.25, 0.3) is 5.91 Å². The average Bonchev–Trinajstić information content (AvgIpc) is 4.01. The monoisotopic (exact) mass is 1050 g/mol. The average molecular weight is 1050 g/mol. The number of carboxylic acids is 1. The lowest BCUT2D eigenvalue weighted by Gasteiger charge is -2.36. The van der Waals surface area contributed by atoms with Crippen LogP contribution in [0.2, 0.25) is 0 Å². The van der Waals surface area contributed by atoms with Crippen molar-refractivity contribution in [3.63, 3.8) is 0 Å². The summed E-state index contributed by atoms with van der Waals surface area (Å²) in [5.74, 6) is -2.36. The van der Waals surface area contributed by atoms with E-state index in [2.05, 4.69) is 42.5 Å². The molecule has 1 aliphatic carbocycles. The minimum absolute atomic E-state index is 0.168. The first-order chi connectivity index (χ1) is 36.7. The van der Waals surface area contributed by atoms with Crippen molar-refractivity contribution in [1.82, 2.24) is 30.0 Å². The zero-order valence-electron chi connectivity index (χ0n) is 42.1. The largest absolute Gasteiger partial charge is 0.490 e. The van der Waals surface area contributed by atoms with E-state index in [-0.39, 0.29) is 47.0 Å². The van der Waals surface area contributed by atoms with Crippen molar-refractivity contribution in [3.05, 3.63) is 125 Å². The van der Waals surface area contributed by atoms with Gasteiger partial charge in [-0.2, -0.15) is 18.3 Å². The van der Waals surface area contributed by atoms with Crippen LogP contribution >= 0.6 is 11.3 Å². The minimum atomic E-state index is -4.86. The Bertz CT molecular complexity index is 3330. The highest BCUT2D eigenvalue weighted by molar-refractivity contribution is 7.22. The number of piperidine rings is 1. The number of aromatic nitrogens is 4. The number of amides is 3. The van der Waals surface area contributed by atoms with E-state index in [4.69, 9.17) is 9.84 Å². The SMILES string of the molecule is Cn1nc(C2CCC(=O)NC2=O)c2ccc(N3CCN(CCCCC4CCC(Oc5cccc(-c6ccc(N7CCc8cccc(C(=O)Nc9nc%10ccccc%10s9)c8C7)nc6C(=O)O)c5C(F)(F)F)CC4)CC3)cc21. The predicted molar refractivity (Wildman–Crippen MR) is 285 cm³/mol. The lowest BCUT2D eigenvalue weighted by atomic mass is 9.84. The molecule has 76 heavy (non-hydrogen) atoms. The van der Waals surface area contributed by atoms with E-state index in [0.717, 1.165) is 103 Å². The molecule has 3 amide bonds. The Balaban J connectivity index is 0.678. The van der Waals surface area contributed by atoms with Crippen LogP contribution in [0.25, 0.3) is 32.2 Å². The number of halogens is 3. The Labute approximate surface area is 441 Å². The Morgan fingerprint density at radius 2 is 1.64 bits per heavy atom. The number of carboxylic acid groups (broad SMARTS) is 1. The number of unbranched alkanes of at least 4 members (excludes halogenated alkanes) is 1. The van der Waals surface area contributed by atoms with Crippen molar-refractivity contribution < 1.29 is 42.2 Å². The highest BCUT2D eigenvalue weighted by Gasteiger charge is 2.40. The number of alkyl halides is 3. The van der Waals surface area contributed by atoms with E-state index in [0.29, 0.717) is 61.0 Å². The van der Waals surface area contributed by atoms with Gasteiger partial charge in [-0.15, -0.1) is 0 Å². The molecule has 1 saturated carbocycles.